The quantitative estimate of drug-likeness (QED) is 0.771. The number of aryl methyl sites for hydroxylation is 1. The Labute approximate surface area is 84.3 Å². The van der Waals surface area contributed by atoms with Crippen molar-refractivity contribution in [1.29, 1.82) is 0 Å². The van der Waals surface area contributed by atoms with Crippen LogP contribution < -0.4 is 5.73 Å². The SMILES string of the molecule is Cc1ccc(C2OCCC2CN)cn1. The zero-order valence-corrected chi connectivity index (χ0v) is 8.44. The summed E-state index contributed by atoms with van der Waals surface area (Å²) in [5.41, 5.74) is 7.89. The number of pyridine rings is 1. The third-order valence-corrected chi connectivity index (χ3v) is 2.78. The molecule has 1 aromatic rings. The van der Waals surface area contributed by atoms with Gasteiger partial charge >= 0.3 is 0 Å². The Bertz CT molecular complexity index is 297. The lowest BCUT2D eigenvalue weighted by Gasteiger charge is -2.16. The Morgan fingerprint density at radius 1 is 1.57 bits per heavy atom. The van der Waals surface area contributed by atoms with Crippen LogP contribution in [-0.2, 0) is 4.74 Å². The van der Waals surface area contributed by atoms with Crippen molar-refractivity contribution in [2.45, 2.75) is 19.4 Å². The number of ether oxygens (including phenoxy) is 1. The number of hydrogen-bond acceptors (Lipinski definition) is 3. The molecule has 2 N–H and O–H groups in total. The lowest BCUT2D eigenvalue weighted by molar-refractivity contribution is 0.0922. The summed E-state index contributed by atoms with van der Waals surface area (Å²) in [5, 5.41) is 0. The number of nitrogens with zero attached hydrogens (tertiary/aromatic N) is 1. The van der Waals surface area contributed by atoms with Gasteiger partial charge in [-0.25, -0.2) is 0 Å². The maximum absolute atomic E-state index is 5.69. The van der Waals surface area contributed by atoms with Gasteiger partial charge in [-0.2, -0.15) is 0 Å². The molecule has 0 amide bonds. The molecule has 3 heteroatoms. The van der Waals surface area contributed by atoms with Gasteiger partial charge in [0.25, 0.3) is 0 Å². The normalized spacial score (nSPS) is 26.7. The first kappa shape index (κ1) is 9.62. The maximum Gasteiger partial charge on any atom is 0.0880 e. The minimum Gasteiger partial charge on any atom is -0.373 e. The molecule has 0 aromatic carbocycles. The molecule has 0 bridgehead atoms. The molecule has 14 heavy (non-hydrogen) atoms. The highest BCUT2D eigenvalue weighted by molar-refractivity contribution is 5.17. The first-order chi connectivity index (χ1) is 6.81. The van der Waals surface area contributed by atoms with E-state index >= 15 is 0 Å². The Morgan fingerprint density at radius 3 is 3.07 bits per heavy atom. The monoisotopic (exact) mass is 192 g/mol. The molecule has 0 spiro atoms. The van der Waals surface area contributed by atoms with Gasteiger partial charge in [-0.05, 0) is 31.5 Å². The highest BCUT2D eigenvalue weighted by Crippen LogP contribution is 2.33. The van der Waals surface area contributed by atoms with Crippen LogP contribution in [0, 0.1) is 12.8 Å². The van der Waals surface area contributed by atoms with Gasteiger partial charge in [0.2, 0.25) is 0 Å². The summed E-state index contributed by atoms with van der Waals surface area (Å²) in [6.45, 7) is 3.50. The smallest absolute Gasteiger partial charge is 0.0880 e. The van der Waals surface area contributed by atoms with E-state index in [1.54, 1.807) is 0 Å². The summed E-state index contributed by atoms with van der Waals surface area (Å²) in [4.78, 5) is 4.27. The third-order valence-electron chi connectivity index (χ3n) is 2.78. The van der Waals surface area contributed by atoms with Crippen molar-refractivity contribution >= 4 is 0 Å². The van der Waals surface area contributed by atoms with Crippen LogP contribution in [0.3, 0.4) is 0 Å². The average Bonchev–Trinajstić information content (AvgIpc) is 2.67. The van der Waals surface area contributed by atoms with E-state index in [1.165, 1.54) is 0 Å². The Hall–Kier alpha value is -0.930. The van der Waals surface area contributed by atoms with Gasteiger partial charge in [0.05, 0.1) is 6.10 Å². The second-order valence-electron chi connectivity index (χ2n) is 3.81. The second kappa shape index (κ2) is 4.07. The topological polar surface area (TPSA) is 48.1 Å². The maximum atomic E-state index is 5.69. The molecule has 3 nitrogen and oxygen atoms in total. The van der Waals surface area contributed by atoms with Crippen molar-refractivity contribution in [2.24, 2.45) is 11.7 Å². The van der Waals surface area contributed by atoms with Crippen molar-refractivity contribution in [3.05, 3.63) is 29.6 Å². The van der Waals surface area contributed by atoms with Gasteiger partial charge in [-0.1, -0.05) is 6.07 Å². The second-order valence-corrected chi connectivity index (χ2v) is 3.81. The molecule has 2 unspecified atom stereocenters. The van der Waals surface area contributed by atoms with Gasteiger partial charge in [-0.3, -0.25) is 4.98 Å². The van der Waals surface area contributed by atoms with E-state index < -0.39 is 0 Å². The fourth-order valence-corrected chi connectivity index (χ4v) is 1.89. The largest absolute Gasteiger partial charge is 0.373 e. The standard InChI is InChI=1S/C11H16N2O/c1-8-2-3-10(7-13-8)11-9(6-12)4-5-14-11/h2-3,7,9,11H,4-6,12H2,1H3. The first-order valence-corrected chi connectivity index (χ1v) is 5.05. The van der Waals surface area contributed by atoms with Gasteiger partial charge in [0.15, 0.2) is 0 Å². The van der Waals surface area contributed by atoms with Crippen molar-refractivity contribution in [3.63, 3.8) is 0 Å². The third kappa shape index (κ3) is 1.79. The van der Waals surface area contributed by atoms with Crippen LogP contribution in [0.15, 0.2) is 18.3 Å². The molecule has 2 atom stereocenters. The molecule has 1 saturated heterocycles. The van der Waals surface area contributed by atoms with Crippen LogP contribution >= 0.6 is 0 Å². The van der Waals surface area contributed by atoms with E-state index in [0.717, 1.165) is 24.3 Å². The molecule has 1 aliphatic heterocycles. The van der Waals surface area contributed by atoms with E-state index in [0.29, 0.717) is 12.5 Å². The van der Waals surface area contributed by atoms with Crippen LogP contribution in [0.1, 0.15) is 23.8 Å². The van der Waals surface area contributed by atoms with Crippen molar-refractivity contribution in [2.75, 3.05) is 13.2 Å². The van der Waals surface area contributed by atoms with Crippen LogP contribution in [0.25, 0.3) is 0 Å². The fraction of sp³-hybridized carbons (Fsp3) is 0.545. The molecule has 2 rings (SSSR count). The molecular formula is C11H16N2O. The minimum atomic E-state index is 0.160. The molecule has 2 heterocycles. The van der Waals surface area contributed by atoms with Gasteiger partial charge in [-0.15, -0.1) is 0 Å². The molecule has 76 valence electrons. The molecule has 1 aliphatic rings. The Morgan fingerprint density at radius 2 is 2.43 bits per heavy atom. The van der Waals surface area contributed by atoms with Crippen molar-refractivity contribution in [3.8, 4) is 0 Å². The lowest BCUT2D eigenvalue weighted by Crippen LogP contribution is -2.17. The van der Waals surface area contributed by atoms with Gasteiger partial charge < -0.3 is 10.5 Å². The summed E-state index contributed by atoms with van der Waals surface area (Å²) >= 11 is 0. The minimum absolute atomic E-state index is 0.160. The summed E-state index contributed by atoms with van der Waals surface area (Å²) in [6.07, 6.45) is 3.12. The van der Waals surface area contributed by atoms with E-state index in [4.69, 9.17) is 10.5 Å². The molecule has 1 fully saturated rings. The molecule has 0 saturated carbocycles. The molecule has 1 aromatic heterocycles. The Kier molecular flexibility index (Phi) is 2.79. The van der Waals surface area contributed by atoms with Gasteiger partial charge in [0.1, 0.15) is 0 Å². The molecule has 0 radical (unpaired) electrons. The van der Waals surface area contributed by atoms with Gasteiger partial charge in [0, 0.05) is 24.4 Å². The number of aromatic nitrogens is 1. The summed E-state index contributed by atoms with van der Waals surface area (Å²) < 4.78 is 5.66. The number of rotatable bonds is 2. The zero-order valence-electron chi connectivity index (χ0n) is 8.44. The fourth-order valence-electron chi connectivity index (χ4n) is 1.89. The van der Waals surface area contributed by atoms with Crippen molar-refractivity contribution in [1.82, 2.24) is 4.98 Å². The summed E-state index contributed by atoms with van der Waals surface area (Å²) in [7, 11) is 0. The van der Waals surface area contributed by atoms with Crippen LogP contribution in [0.4, 0.5) is 0 Å². The highest BCUT2D eigenvalue weighted by atomic mass is 16.5. The highest BCUT2D eigenvalue weighted by Gasteiger charge is 2.28. The lowest BCUT2D eigenvalue weighted by atomic mass is 9.96. The first-order valence-electron chi connectivity index (χ1n) is 5.05. The predicted molar refractivity (Wildman–Crippen MR) is 54.8 cm³/mol. The summed E-state index contributed by atoms with van der Waals surface area (Å²) in [6, 6.07) is 4.10. The van der Waals surface area contributed by atoms with E-state index in [2.05, 4.69) is 11.1 Å². The van der Waals surface area contributed by atoms with E-state index in [-0.39, 0.29) is 6.10 Å². The number of nitrogens with two attached hydrogens (primary N) is 1. The Balaban J connectivity index is 2.17. The molecule has 0 aliphatic carbocycles. The van der Waals surface area contributed by atoms with Crippen LogP contribution in [0.5, 0.6) is 0 Å². The van der Waals surface area contributed by atoms with E-state index in [9.17, 15) is 0 Å². The molecular weight excluding hydrogens is 176 g/mol. The summed E-state index contributed by atoms with van der Waals surface area (Å²) in [5.74, 6) is 0.458. The van der Waals surface area contributed by atoms with Crippen LogP contribution in [0.2, 0.25) is 0 Å². The van der Waals surface area contributed by atoms with Crippen molar-refractivity contribution < 1.29 is 4.74 Å². The number of hydrogen-bond donors (Lipinski definition) is 1. The van der Waals surface area contributed by atoms with Crippen LogP contribution in [-0.4, -0.2) is 18.1 Å². The van der Waals surface area contributed by atoms with E-state index in [1.807, 2.05) is 19.2 Å². The predicted octanol–water partition coefficient (Wildman–Crippen LogP) is 1.43. The zero-order chi connectivity index (χ0) is 9.97. The average molecular weight is 192 g/mol.